The number of amides is 1. The smallest absolute Gasteiger partial charge is 0.264 e. The predicted octanol–water partition coefficient (Wildman–Crippen LogP) is 4.10. The van der Waals surface area contributed by atoms with Gasteiger partial charge < -0.3 is 5.32 Å². The van der Waals surface area contributed by atoms with Crippen LogP contribution in [0.4, 0.5) is 5.69 Å². The highest BCUT2D eigenvalue weighted by atomic mass is 32.2. The lowest BCUT2D eigenvalue weighted by Crippen LogP contribution is -2.41. The van der Waals surface area contributed by atoms with Gasteiger partial charge in [0.25, 0.3) is 10.0 Å². The van der Waals surface area contributed by atoms with Crippen LogP contribution in [0, 0.1) is 6.92 Å². The first kappa shape index (κ1) is 24.0. The van der Waals surface area contributed by atoms with Crippen LogP contribution in [0.15, 0.2) is 83.8 Å². The first-order chi connectivity index (χ1) is 16.4. The van der Waals surface area contributed by atoms with Crippen molar-refractivity contribution in [2.75, 3.05) is 23.9 Å². The fraction of sp³-hybridized carbons (Fsp3) is 0.296. The van der Waals surface area contributed by atoms with Gasteiger partial charge in [0.2, 0.25) is 5.91 Å². The second kappa shape index (κ2) is 10.8. The average molecular weight is 478 g/mol. The number of rotatable bonds is 9. The maximum absolute atomic E-state index is 13.5. The van der Waals surface area contributed by atoms with Crippen LogP contribution in [0.25, 0.3) is 0 Å². The molecule has 1 aliphatic rings. The molecule has 178 valence electrons. The van der Waals surface area contributed by atoms with Gasteiger partial charge in [0.05, 0.1) is 10.6 Å². The van der Waals surface area contributed by atoms with E-state index in [0.717, 1.165) is 30.8 Å². The number of para-hydroxylation sites is 1. The Morgan fingerprint density at radius 3 is 2.21 bits per heavy atom. The highest BCUT2D eigenvalue weighted by molar-refractivity contribution is 7.92. The SMILES string of the molecule is Cc1ccccc1N(CC(=O)NCc1ccccc1CN1CCCC1)S(=O)(=O)c1ccccc1. The Kier molecular flexibility index (Phi) is 7.65. The molecular weight excluding hydrogens is 446 g/mol. The van der Waals surface area contributed by atoms with E-state index in [1.165, 1.54) is 22.7 Å². The molecule has 1 aliphatic heterocycles. The molecule has 0 aliphatic carbocycles. The second-order valence-electron chi connectivity index (χ2n) is 8.64. The minimum atomic E-state index is -3.91. The summed E-state index contributed by atoms with van der Waals surface area (Å²) in [6.45, 7) is 4.97. The van der Waals surface area contributed by atoms with Crippen molar-refractivity contribution in [2.45, 2.75) is 37.8 Å². The van der Waals surface area contributed by atoms with Crippen molar-refractivity contribution in [1.29, 1.82) is 0 Å². The van der Waals surface area contributed by atoms with Gasteiger partial charge in [0, 0.05) is 13.1 Å². The fourth-order valence-corrected chi connectivity index (χ4v) is 5.82. The molecule has 1 fully saturated rings. The van der Waals surface area contributed by atoms with Crippen LogP contribution < -0.4 is 9.62 Å². The van der Waals surface area contributed by atoms with Gasteiger partial charge in [-0.25, -0.2) is 8.42 Å². The summed E-state index contributed by atoms with van der Waals surface area (Å²) in [5, 5.41) is 2.94. The number of anilines is 1. The minimum absolute atomic E-state index is 0.155. The summed E-state index contributed by atoms with van der Waals surface area (Å²) in [6.07, 6.45) is 2.45. The quantitative estimate of drug-likeness (QED) is 0.504. The third-order valence-electron chi connectivity index (χ3n) is 6.19. The molecule has 1 amide bonds. The van der Waals surface area contributed by atoms with Crippen LogP contribution in [-0.4, -0.2) is 38.9 Å². The van der Waals surface area contributed by atoms with Crippen molar-refractivity contribution in [1.82, 2.24) is 10.2 Å². The zero-order valence-electron chi connectivity index (χ0n) is 19.5. The van der Waals surface area contributed by atoms with Gasteiger partial charge in [0.1, 0.15) is 6.54 Å². The number of likely N-dealkylation sites (tertiary alicyclic amines) is 1. The summed E-state index contributed by atoms with van der Waals surface area (Å²) in [5.74, 6) is -0.348. The molecule has 0 bridgehead atoms. The van der Waals surface area contributed by atoms with E-state index in [1.807, 2.05) is 37.3 Å². The maximum Gasteiger partial charge on any atom is 0.264 e. The summed E-state index contributed by atoms with van der Waals surface area (Å²) in [4.78, 5) is 15.6. The lowest BCUT2D eigenvalue weighted by atomic mass is 10.1. The predicted molar refractivity (Wildman–Crippen MR) is 135 cm³/mol. The van der Waals surface area contributed by atoms with Gasteiger partial charge >= 0.3 is 0 Å². The zero-order chi connectivity index (χ0) is 24.0. The number of sulfonamides is 1. The molecule has 0 aromatic heterocycles. The van der Waals surface area contributed by atoms with E-state index < -0.39 is 10.0 Å². The van der Waals surface area contributed by atoms with Crippen LogP contribution in [0.5, 0.6) is 0 Å². The first-order valence-corrected chi connectivity index (χ1v) is 13.1. The van der Waals surface area contributed by atoms with E-state index in [2.05, 4.69) is 16.3 Å². The van der Waals surface area contributed by atoms with Gasteiger partial charge in [-0.05, 0) is 67.7 Å². The third kappa shape index (κ3) is 5.66. The summed E-state index contributed by atoms with van der Waals surface area (Å²) in [5.41, 5.74) is 3.52. The van der Waals surface area contributed by atoms with Crippen molar-refractivity contribution in [2.24, 2.45) is 0 Å². The minimum Gasteiger partial charge on any atom is -0.350 e. The lowest BCUT2D eigenvalue weighted by molar-refractivity contribution is -0.119. The number of carbonyl (C=O) groups excluding carboxylic acids is 1. The molecule has 4 rings (SSSR count). The van der Waals surface area contributed by atoms with Gasteiger partial charge in [0.15, 0.2) is 0 Å². The molecule has 0 spiro atoms. The van der Waals surface area contributed by atoms with E-state index in [1.54, 1.807) is 42.5 Å². The second-order valence-corrected chi connectivity index (χ2v) is 10.5. The van der Waals surface area contributed by atoms with Gasteiger partial charge in [-0.1, -0.05) is 60.7 Å². The fourth-order valence-electron chi connectivity index (χ4n) is 4.31. The number of nitrogens with one attached hydrogen (secondary N) is 1. The Morgan fingerprint density at radius 2 is 1.50 bits per heavy atom. The molecule has 0 unspecified atom stereocenters. The average Bonchev–Trinajstić information content (AvgIpc) is 3.36. The molecule has 0 saturated carbocycles. The van der Waals surface area contributed by atoms with E-state index >= 15 is 0 Å². The van der Waals surface area contributed by atoms with E-state index in [9.17, 15) is 13.2 Å². The molecule has 6 nitrogen and oxygen atoms in total. The molecular formula is C27H31N3O3S. The van der Waals surface area contributed by atoms with Crippen molar-refractivity contribution in [3.8, 4) is 0 Å². The number of aryl methyl sites for hydroxylation is 1. The number of hydrogen-bond acceptors (Lipinski definition) is 4. The number of hydrogen-bond donors (Lipinski definition) is 1. The van der Waals surface area contributed by atoms with Crippen LogP contribution in [0.2, 0.25) is 0 Å². The van der Waals surface area contributed by atoms with Crippen LogP contribution in [0.3, 0.4) is 0 Å². The number of nitrogens with zero attached hydrogens (tertiary/aromatic N) is 2. The van der Waals surface area contributed by atoms with E-state index in [-0.39, 0.29) is 17.3 Å². The summed E-state index contributed by atoms with van der Waals surface area (Å²) in [7, 11) is -3.91. The molecule has 0 atom stereocenters. The normalized spacial score (nSPS) is 14.1. The monoisotopic (exact) mass is 477 g/mol. The Balaban J connectivity index is 1.52. The van der Waals surface area contributed by atoms with Crippen molar-refractivity contribution in [3.63, 3.8) is 0 Å². The van der Waals surface area contributed by atoms with Crippen molar-refractivity contribution >= 4 is 21.6 Å². The largest absolute Gasteiger partial charge is 0.350 e. The Morgan fingerprint density at radius 1 is 0.882 bits per heavy atom. The lowest BCUT2D eigenvalue weighted by Gasteiger charge is -2.25. The van der Waals surface area contributed by atoms with Crippen LogP contribution in [-0.2, 0) is 27.9 Å². The molecule has 34 heavy (non-hydrogen) atoms. The highest BCUT2D eigenvalue weighted by Crippen LogP contribution is 2.26. The highest BCUT2D eigenvalue weighted by Gasteiger charge is 2.28. The van der Waals surface area contributed by atoms with Gasteiger partial charge in [-0.2, -0.15) is 0 Å². The van der Waals surface area contributed by atoms with Crippen molar-refractivity contribution in [3.05, 3.63) is 95.6 Å². The van der Waals surface area contributed by atoms with E-state index in [4.69, 9.17) is 0 Å². The Hall–Kier alpha value is -3.16. The molecule has 0 radical (unpaired) electrons. The summed E-state index contributed by atoms with van der Waals surface area (Å²) >= 11 is 0. The summed E-state index contributed by atoms with van der Waals surface area (Å²) in [6, 6.07) is 23.5. The molecule has 1 heterocycles. The number of carbonyl (C=O) groups is 1. The zero-order valence-corrected chi connectivity index (χ0v) is 20.3. The van der Waals surface area contributed by atoms with Crippen LogP contribution in [0.1, 0.15) is 29.5 Å². The Labute approximate surface area is 202 Å². The summed E-state index contributed by atoms with van der Waals surface area (Å²) < 4.78 is 28.2. The number of benzene rings is 3. The molecule has 1 N–H and O–H groups in total. The Bertz CT molecular complexity index is 1220. The molecule has 3 aromatic rings. The standard InChI is InChI=1S/C27H31N3O3S/c1-22-11-5-8-16-26(22)30(34(32,33)25-14-3-2-4-15-25)21-27(31)28-19-23-12-6-7-13-24(23)20-29-17-9-10-18-29/h2-8,11-16H,9-10,17-21H2,1H3,(H,28,31). The van der Waals surface area contributed by atoms with E-state index in [0.29, 0.717) is 12.2 Å². The molecule has 1 saturated heterocycles. The van der Waals surface area contributed by atoms with Crippen LogP contribution >= 0.6 is 0 Å². The first-order valence-electron chi connectivity index (χ1n) is 11.6. The third-order valence-corrected chi connectivity index (χ3v) is 7.96. The maximum atomic E-state index is 13.5. The van der Waals surface area contributed by atoms with Gasteiger partial charge in [-0.15, -0.1) is 0 Å². The molecule has 3 aromatic carbocycles. The van der Waals surface area contributed by atoms with Gasteiger partial charge in [-0.3, -0.25) is 14.0 Å². The molecule has 7 heteroatoms. The van der Waals surface area contributed by atoms with Crippen molar-refractivity contribution < 1.29 is 13.2 Å². The topological polar surface area (TPSA) is 69.7 Å².